The van der Waals surface area contributed by atoms with Gasteiger partial charge in [0, 0.05) is 12.3 Å². The average Bonchev–Trinajstić information content (AvgIpc) is 2.69. The molecule has 1 rings (SSSR count). The number of rotatable bonds is 8. The van der Waals surface area contributed by atoms with E-state index in [9.17, 15) is 4.79 Å². The van der Waals surface area contributed by atoms with Crippen LogP contribution < -0.4 is 0 Å². The van der Waals surface area contributed by atoms with Crippen LogP contribution in [0.2, 0.25) is 0 Å². The molecule has 1 aromatic heterocycles. The summed E-state index contributed by atoms with van der Waals surface area (Å²) in [5.74, 6) is 1.32. The number of nitrogens with zero attached hydrogens (tertiary/aromatic N) is 4. The lowest BCUT2D eigenvalue weighted by atomic mass is 10.3. The summed E-state index contributed by atoms with van der Waals surface area (Å²) in [6.07, 6.45) is 2.34. The molecule has 0 saturated carbocycles. The van der Waals surface area contributed by atoms with Gasteiger partial charge in [0.2, 0.25) is 0 Å². The molecular formula is C9H16N4O2S. The second kappa shape index (κ2) is 7.21. The summed E-state index contributed by atoms with van der Waals surface area (Å²) in [5.41, 5.74) is 0. The van der Waals surface area contributed by atoms with E-state index in [1.54, 1.807) is 16.4 Å². The average molecular weight is 244 g/mol. The number of unbranched alkanes of at least 4 members (excludes halogenated alkanes) is 1. The molecule has 1 heterocycles. The zero-order valence-electron chi connectivity index (χ0n) is 9.30. The summed E-state index contributed by atoms with van der Waals surface area (Å²) in [6, 6.07) is 0. The van der Waals surface area contributed by atoms with Crippen LogP contribution in [0, 0.1) is 0 Å². The molecule has 16 heavy (non-hydrogen) atoms. The topological polar surface area (TPSA) is 80.9 Å². The van der Waals surface area contributed by atoms with Gasteiger partial charge in [0.25, 0.3) is 0 Å². The minimum absolute atomic E-state index is 0.182. The van der Waals surface area contributed by atoms with Crippen molar-refractivity contribution >= 4 is 17.7 Å². The van der Waals surface area contributed by atoms with Gasteiger partial charge in [-0.05, 0) is 16.8 Å². The van der Waals surface area contributed by atoms with Gasteiger partial charge in [-0.1, -0.05) is 13.3 Å². The molecule has 1 N–H and O–H groups in total. The predicted octanol–water partition coefficient (Wildman–Crippen LogP) is 1.18. The standard InChI is InChI=1S/C9H16N4O2S/c1-2-3-5-13-8(10-11-12-13)7-16-6-4-9(14)15/h2-7H2,1H3,(H,14,15). The highest BCUT2D eigenvalue weighted by Crippen LogP contribution is 2.10. The van der Waals surface area contributed by atoms with E-state index in [1.807, 2.05) is 0 Å². The lowest BCUT2D eigenvalue weighted by molar-refractivity contribution is -0.136. The molecular weight excluding hydrogens is 228 g/mol. The number of carboxylic acid groups (broad SMARTS) is 1. The van der Waals surface area contributed by atoms with Crippen molar-refractivity contribution in [2.45, 2.75) is 38.5 Å². The second-order valence-electron chi connectivity index (χ2n) is 3.37. The fourth-order valence-electron chi connectivity index (χ4n) is 1.13. The van der Waals surface area contributed by atoms with E-state index in [4.69, 9.17) is 5.11 Å². The third-order valence-electron chi connectivity index (χ3n) is 2.02. The van der Waals surface area contributed by atoms with Crippen molar-refractivity contribution in [1.29, 1.82) is 0 Å². The van der Waals surface area contributed by atoms with E-state index >= 15 is 0 Å². The fourth-order valence-corrected chi connectivity index (χ4v) is 1.98. The summed E-state index contributed by atoms with van der Waals surface area (Å²) in [6.45, 7) is 2.95. The van der Waals surface area contributed by atoms with E-state index in [2.05, 4.69) is 22.4 Å². The summed E-state index contributed by atoms with van der Waals surface area (Å²) < 4.78 is 1.79. The number of hydrogen-bond acceptors (Lipinski definition) is 5. The van der Waals surface area contributed by atoms with Crippen molar-refractivity contribution in [2.75, 3.05) is 5.75 Å². The molecule has 6 nitrogen and oxygen atoms in total. The van der Waals surface area contributed by atoms with Gasteiger partial charge in [0.15, 0.2) is 5.82 Å². The molecule has 0 fully saturated rings. The lowest BCUT2D eigenvalue weighted by Gasteiger charge is -2.02. The Morgan fingerprint density at radius 3 is 3.06 bits per heavy atom. The molecule has 0 aromatic carbocycles. The molecule has 0 amide bonds. The molecule has 0 radical (unpaired) electrons. The van der Waals surface area contributed by atoms with Gasteiger partial charge < -0.3 is 5.11 Å². The van der Waals surface area contributed by atoms with Crippen LogP contribution >= 0.6 is 11.8 Å². The predicted molar refractivity (Wildman–Crippen MR) is 61.1 cm³/mol. The number of aromatic nitrogens is 4. The zero-order chi connectivity index (χ0) is 11.8. The summed E-state index contributed by atoms with van der Waals surface area (Å²) in [4.78, 5) is 10.3. The maximum absolute atomic E-state index is 10.3. The van der Waals surface area contributed by atoms with Gasteiger partial charge in [0.05, 0.1) is 12.2 Å². The maximum atomic E-state index is 10.3. The summed E-state index contributed by atoms with van der Waals surface area (Å²) in [5, 5.41) is 19.9. The van der Waals surface area contributed by atoms with Crippen LogP contribution in [-0.4, -0.2) is 37.0 Å². The van der Waals surface area contributed by atoms with Gasteiger partial charge in [0.1, 0.15) is 0 Å². The molecule has 0 unspecified atom stereocenters. The number of aryl methyl sites for hydroxylation is 1. The van der Waals surface area contributed by atoms with Crippen LogP contribution in [-0.2, 0) is 17.1 Å². The van der Waals surface area contributed by atoms with Gasteiger partial charge >= 0.3 is 5.97 Å². The summed E-state index contributed by atoms with van der Waals surface area (Å²) >= 11 is 1.54. The molecule has 0 atom stereocenters. The third-order valence-corrected chi connectivity index (χ3v) is 2.98. The first kappa shape index (κ1) is 13.0. The Kier molecular flexibility index (Phi) is 5.84. The van der Waals surface area contributed by atoms with Crippen LogP contribution in [0.15, 0.2) is 0 Å². The monoisotopic (exact) mass is 244 g/mol. The maximum Gasteiger partial charge on any atom is 0.304 e. The highest BCUT2D eigenvalue weighted by molar-refractivity contribution is 7.98. The summed E-state index contributed by atoms with van der Waals surface area (Å²) in [7, 11) is 0. The van der Waals surface area contributed by atoms with E-state index in [0.717, 1.165) is 25.2 Å². The Hall–Kier alpha value is -1.11. The Balaban J connectivity index is 2.29. The van der Waals surface area contributed by atoms with Gasteiger partial charge in [-0.15, -0.1) is 5.10 Å². The third kappa shape index (κ3) is 4.61. The van der Waals surface area contributed by atoms with Crippen molar-refractivity contribution in [3.8, 4) is 0 Å². The van der Waals surface area contributed by atoms with Crippen LogP contribution in [0.1, 0.15) is 32.0 Å². The van der Waals surface area contributed by atoms with Crippen LogP contribution in [0.4, 0.5) is 0 Å². The normalized spacial score (nSPS) is 10.6. The Morgan fingerprint density at radius 1 is 1.56 bits per heavy atom. The number of carboxylic acids is 1. The largest absolute Gasteiger partial charge is 0.481 e. The second-order valence-corrected chi connectivity index (χ2v) is 4.47. The molecule has 0 aliphatic heterocycles. The van der Waals surface area contributed by atoms with Crippen molar-refractivity contribution < 1.29 is 9.90 Å². The smallest absolute Gasteiger partial charge is 0.304 e. The van der Waals surface area contributed by atoms with Crippen molar-refractivity contribution in [1.82, 2.24) is 20.2 Å². The molecule has 90 valence electrons. The quantitative estimate of drug-likeness (QED) is 0.692. The van der Waals surface area contributed by atoms with Crippen LogP contribution in [0.3, 0.4) is 0 Å². The van der Waals surface area contributed by atoms with Crippen molar-refractivity contribution in [3.63, 3.8) is 0 Å². The highest BCUT2D eigenvalue weighted by Gasteiger charge is 2.05. The number of thioether (sulfide) groups is 1. The first-order valence-corrected chi connectivity index (χ1v) is 6.44. The first-order chi connectivity index (χ1) is 7.74. The SMILES string of the molecule is CCCCn1nnnc1CSCCC(=O)O. The number of hydrogen-bond donors (Lipinski definition) is 1. The molecule has 1 aromatic rings. The van der Waals surface area contributed by atoms with Crippen LogP contribution in [0.5, 0.6) is 0 Å². The Labute approximate surface area is 98.4 Å². The number of carbonyl (C=O) groups is 1. The highest BCUT2D eigenvalue weighted by atomic mass is 32.2. The number of tetrazole rings is 1. The molecule has 0 aliphatic rings. The fraction of sp³-hybridized carbons (Fsp3) is 0.778. The molecule has 7 heteroatoms. The molecule has 0 bridgehead atoms. The van der Waals surface area contributed by atoms with Crippen LogP contribution in [0.25, 0.3) is 0 Å². The van der Waals surface area contributed by atoms with Gasteiger partial charge in [-0.2, -0.15) is 11.8 Å². The number of aliphatic carboxylic acids is 1. The molecule has 0 saturated heterocycles. The van der Waals surface area contributed by atoms with E-state index in [0.29, 0.717) is 11.5 Å². The minimum Gasteiger partial charge on any atom is -0.481 e. The van der Waals surface area contributed by atoms with Crippen molar-refractivity contribution in [2.24, 2.45) is 0 Å². The Bertz CT molecular complexity index is 329. The van der Waals surface area contributed by atoms with E-state index in [-0.39, 0.29) is 6.42 Å². The van der Waals surface area contributed by atoms with Crippen molar-refractivity contribution in [3.05, 3.63) is 5.82 Å². The molecule has 0 spiro atoms. The zero-order valence-corrected chi connectivity index (χ0v) is 10.1. The lowest BCUT2D eigenvalue weighted by Crippen LogP contribution is -2.05. The van der Waals surface area contributed by atoms with Gasteiger partial charge in [-0.3, -0.25) is 4.79 Å². The Morgan fingerprint density at radius 2 is 2.38 bits per heavy atom. The molecule has 0 aliphatic carbocycles. The first-order valence-electron chi connectivity index (χ1n) is 5.28. The van der Waals surface area contributed by atoms with E-state index < -0.39 is 5.97 Å². The minimum atomic E-state index is -0.766. The van der Waals surface area contributed by atoms with Gasteiger partial charge in [-0.25, -0.2) is 4.68 Å². The van der Waals surface area contributed by atoms with E-state index in [1.165, 1.54) is 0 Å².